The Balaban J connectivity index is 1.65. The molecular weight excluding hydrogens is 414 g/mol. The maximum Gasteiger partial charge on any atom is 0.261 e. The van der Waals surface area contributed by atoms with E-state index in [0.717, 1.165) is 39.3 Å². The number of benzene rings is 2. The third kappa shape index (κ3) is 6.09. The summed E-state index contributed by atoms with van der Waals surface area (Å²) in [5, 5.41) is 2.70. The summed E-state index contributed by atoms with van der Waals surface area (Å²) in [6.45, 7) is 15.2. The van der Waals surface area contributed by atoms with Crippen molar-refractivity contribution in [3.8, 4) is 0 Å². The van der Waals surface area contributed by atoms with E-state index in [2.05, 4.69) is 93.4 Å². The van der Waals surface area contributed by atoms with Crippen LogP contribution in [0.3, 0.4) is 0 Å². The van der Waals surface area contributed by atoms with Crippen LogP contribution in [0.2, 0.25) is 5.04 Å². The molecule has 1 aliphatic rings. The van der Waals surface area contributed by atoms with Crippen molar-refractivity contribution in [2.24, 2.45) is 5.92 Å². The molecule has 4 nitrogen and oxygen atoms in total. The molecule has 0 atom stereocenters. The standard InChI is InChI=1S/C27H41NO3Si/c1-26(2,3)32(24-14-9-7-10-15-24,25-16-11-8-12-17-25)31-19-13-18-28(6)20-23-21-29-27(4,5)30-22-23/h7-12,14-17,23H,13,18-22H2,1-6H3. The predicted molar refractivity (Wildman–Crippen MR) is 135 cm³/mol. The summed E-state index contributed by atoms with van der Waals surface area (Å²) in [5.41, 5.74) is 0. The highest BCUT2D eigenvalue weighted by atomic mass is 28.4. The second-order valence-electron chi connectivity index (χ2n) is 10.5. The van der Waals surface area contributed by atoms with Crippen LogP contribution in [0.15, 0.2) is 60.7 Å². The molecule has 1 aliphatic heterocycles. The monoisotopic (exact) mass is 455 g/mol. The van der Waals surface area contributed by atoms with Gasteiger partial charge in [0.05, 0.1) is 13.2 Å². The fourth-order valence-corrected chi connectivity index (χ4v) is 9.29. The summed E-state index contributed by atoms with van der Waals surface area (Å²) in [5.74, 6) is -0.0239. The molecule has 0 aliphatic carbocycles. The third-order valence-electron chi connectivity index (χ3n) is 6.32. The molecule has 0 bridgehead atoms. The molecular formula is C27H41NO3Si. The quantitative estimate of drug-likeness (QED) is 0.417. The molecule has 0 spiro atoms. The van der Waals surface area contributed by atoms with E-state index < -0.39 is 14.1 Å². The Hall–Kier alpha value is -1.50. The Kier molecular flexibility index (Phi) is 8.34. The molecule has 5 heteroatoms. The summed E-state index contributed by atoms with van der Waals surface area (Å²) < 4.78 is 18.6. The van der Waals surface area contributed by atoms with E-state index in [0.29, 0.717) is 5.92 Å². The minimum Gasteiger partial charge on any atom is -0.407 e. The van der Waals surface area contributed by atoms with Crippen LogP contribution in [-0.2, 0) is 13.9 Å². The van der Waals surface area contributed by atoms with Crippen LogP contribution in [0.5, 0.6) is 0 Å². The number of nitrogens with zero attached hydrogens (tertiary/aromatic N) is 1. The van der Waals surface area contributed by atoms with Crippen LogP contribution in [0.4, 0.5) is 0 Å². The van der Waals surface area contributed by atoms with E-state index in [1.807, 2.05) is 13.8 Å². The molecule has 176 valence electrons. The SMILES string of the molecule is CN(CCCO[Si](c1ccccc1)(c1ccccc1)C(C)(C)C)CC1COC(C)(C)OC1. The van der Waals surface area contributed by atoms with Gasteiger partial charge < -0.3 is 18.8 Å². The Morgan fingerprint density at radius 1 is 0.938 bits per heavy atom. The summed E-state index contributed by atoms with van der Waals surface area (Å²) in [7, 11) is -0.255. The minimum absolute atomic E-state index is 0.0190. The number of rotatable bonds is 9. The van der Waals surface area contributed by atoms with Crippen molar-refractivity contribution in [2.75, 3.05) is 40.0 Å². The topological polar surface area (TPSA) is 30.9 Å². The normalized spacial score (nSPS) is 17.6. The molecule has 0 saturated carbocycles. The van der Waals surface area contributed by atoms with Gasteiger partial charge in [0.25, 0.3) is 8.32 Å². The molecule has 0 aromatic heterocycles. The second kappa shape index (κ2) is 10.6. The van der Waals surface area contributed by atoms with E-state index in [1.54, 1.807) is 0 Å². The zero-order valence-corrected chi connectivity index (χ0v) is 21.8. The van der Waals surface area contributed by atoms with Crippen LogP contribution in [0.25, 0.3) is 0 Å². The molecule has 2 aromatic rings. The van der Waals surface area contributed by atoms with E-state index in [9.17, 15) is 0 Å². The van der Waals surface area contributed by atoms with E-state index in [-0.39, 0.29) is 5.04 Å². The van der Waals surface area contributed by atoms with Crippen LogP contribution in [0.1, 0.15) is 41.0 Å². The lowest BCUT2D eigenvalue weighted by Crippen LogP contribution is -2.66. The lowest BCUT2D eigenvalue weighted by molar-refractivity contribution is -0.263. The first-order chi connectivity index (χ1) is 15.1. The molecule has 0 radical (unpaired) electrons. The third-order valence-corrected chi connectivity index (χ3v) is 11.4. The number of hydrogen-bond acceptors (Lipinski definition) is 4. The average Bonchev–Trinajstić information content (AvgIpc) is 2.76. The first-order valence-electron chi connectivity index (χ1n) is 11.9. The second-order valence-corrected chi connectivity index (χ2v) is 14.8. The zero-order chi connectivity index (χ0) is 23.2. The molecule has 1 saturated heterocycles. The van der Waals surface area contributed by atoms with Gasteiger partial charge in [-0.1, -0.05) is 81.4 Å². The summed E-state index contributed by atoms with van der Waals surface area (Å²) in [4.78, 5) is 2.38. The van der Waals surface area contributed by atoms with Crippen molar-refractivity contribution < 1.29 is 13.9 Å². The molecule has 1 heterocycles. The predicted octanol–water partition coefficient (Wildman–Crippen LogP) is 4.28. The Bertz CT molecular complexity index is 770. The van der Waals surface area contributed by atoms with Crippen LogP contribution in [-0.4, -0.2) is 59.0 Å². The molecule has 0 unspecified atom stereocenters. The number of hydrogen-bond donors (Lipinski definition) is 0. The van der Waals surface area contributed by atoms with Crippen LogP contribution >= 0.6 is 0 Å². The van der Waals surface area contributed by atoms with Gasteiger partial charge >= 0.3 is 0 Å². The van der Waals surface area contributed by atoms with Gasteiger partial charge in [-0.3, -0.25) is 0 Å². The summed E-state index contributed by atoms with van der Waals surface area (Å²) in [6.07, 6.45) is 1.00. The molecule has 1 fully saturated rings. The molecule has 3 rings (SSSR count). The molecule has 2 aromatic carbocycles. The van der Waals surface area contributed by atoms with Gasteiger partial charge in [0.15, 0.2) is 5.79 Å². The fourth-order valence-electron chi connectivity index (χ4n) is 4.69. The van der Waals surface area contributed by atoms with E-state index in [1.165, 1.54) is 10.4 Å². The van der Waals surface area contributed by atoms with Crippen LogP contribution in [0, 0.1) is 5.92 Å². The first-order valence-corrected chi connectivity index (χ1v) is 13.8. The van der Waals surface area contributed by atoms with Gasteiger partial charge in [0.1, 0.15) is 0 Å². The lowest BCUT2D eigenvalue weighted by Gasteiger charge is -2.43. The smallest absolute Gasteiger partial charge is 0.261 e. The Morgan fingerprint density at radius 3 is 1.91 bits per heavy atom. The zero-order valence-electron chi connectivity index (χ0n) is 20.8. The highest BCUT2D eigenvalue weighted by Crippen LogP contribution is 2.36. The van der Waals surface area contributed by atoms with Gasteiger partial charge in [-0.05, 0) is 49.3 Å². The van der Waals surface area contributed by atoms with Crippen molar-refractivity contribution in [3.05, 3.63) is 60.7 Å². The van der Waals surface area contributed by atoms with E-state index >= 15 is 0 Å². The maximum absolute atomic E-state index is 7.00. The van der Waals surface area contributed by atoms with Crippen LogP contribution < -0.4 is 10.4 Å². The molecule has 0 amide bonds. The first kappa shape index (κ1) is 25.1. The highest BCUT2D eigenvalue weighted by molar-refractivity contribution is 6.99. The van der Waals surface area contributed by atoms with Crippen molar-refractivity contribution in [3.63, 3.8) is 0 Å². The van der Waals surface area contributed by atoms with Gasteiger partial charge in [0, 0.05) is 19.1 Å². The van der Waals surface area contributed by atoms with Crippen molar-refractivity contribution in [2.45, 2.75) is 51.9 Å². The van der Waals surface area contributed by atoms with Gasteiger partial charge in [-0.2, -0.15) is 0 Å². The van der Waals surface area contributed by atoms with Gasteiger partial charge in [0.2, 0.25) is 0 Å². The number of ether oxygens (including phenoxy) is 2. The van der Waals surface area contributed by atoms with Gasteiger partial charge in [-0.15, -0.1) is 0 Å². The molecule has 0 N–H and O–H groups in total. The summed E-state index contributed by atoms with van der Waals surface area (Å²) in [6, 6.07) is 21.7. The van der Waals surface area contributed by atoms with Gasteiger partial charge in [-0.25, -0.2) is 0 Å². The Labute approximate surface area is 196 Å². The largest absolute Gasteiger partial charge is 0.407 e. The minimum atomic E-state index is -2.44. The average molecular weight is 456 g/mol. The molecule has 32 heavy (non-hydrogen) atoms. The Morgan fingerprint density at radius 2 is 1.44 bits per heavy atom. The van der Waals surface area contributed by atoms with E-state index in [4.69, 9.17) is 13.9 Å². The maximum atomic E-state index is 7.00. The summed E-state index contributed by atoms with van der Waals surface area (Å²) >= 11 is 0. The lowest BCUT2D eigenvalue weighted by atomic mass is 10.1. The van der Waals surface area contributed by atoms with Crippen molar-refractivity contribution in [1.29, 1.82) is 0 Å². The fraction of sp³-hybridized carbons (Fsp3) is 0.556. The van der Waals surface area contributed by atoms with Crippen molar-refractivity contribution in [1.82, 2.24) is 4.90 Å². The highest BCUT2D eigenvalue weighted by Gasteiger charge is 2.49. The van der Waals surface area contributed by atoms with Crippen molar-refractivity contribution >= 4 is 18.7 Å².